The molecule has 2 aromatic heterocycles. The van der Waals surface area contributed by atoms with Crippen LogP contribution in [0.25, 0.3) is 22.3 Å². The highest BCUT2D eigenvalue weighted by molar-refractivity contribution is 6.31. The maximum absolute atomic E-state index is 12.7. The predicted molar refractivity (Wildman–Crippen MR) is 133 cm³/mol. The molecule has 6 rings (SSSR count). The van der Waals surface area contributed by atoms with Gasteiger partial charge in [-0.1, -0.05) is 29.8 Å². The smallest absolute Gasteiger partial charge is 0.255 e. The molecule has 176 valence electrons. The van der Waals surface area contributed by atoms with Crippen molar-refractivity contribution in [2.75, 3.05) is 17.6 Å². The lowest BCUT2D eigenvalue weighted by molar-refractivity contribution is -0.120. The number of carbonyl (C=O) groups excluding carboxylic acids is 2. The summed E-state index contributed by atoms with van der Waals surface area (Å²) in [7, 11) is 0. The summed E-state index contributed by atoms with van der Waals surface area (Å²) in [4.78, 5) is 34.8. The molecule has 10 heteroatoms. The van der Waals surface area contributed by atoms with Crippen LogP contribution in [0, 0.1) is 5.92 Å². The third-order valence-electron chi connectivity index (χ3n) is 6.96. The van der Waals surface area contributed by atoms with Crippen molar-refractivity contribution in [1.82, 2.24) is 24.6 Å². The molecule has 1 saturated carbocycles. The van der Waals surface area contributed by atoms with Crippen LogP contribution in [0.4, 0.5) is 11.5 Å². The molecule has 2 aliphatic rings. The number of hydrogen-bond acceptors (Lipinski definition) is 6. The molecule has 1 aliphatic carbocycles. The Bertz CT molecular complexity index is 1450. The minimum absolute atomic E-state index is 0.0345. The number of amides is 2. The van der Waals surface area contributed by atoms with Gasteiger partial charge >= 0.3 is 0 Å². The Morgan fingerprint density at radius 2 is 1.91 bits per heavy atom. The lowest BCUT2D eigenvalue weighted by Gasteiger charge is -2.30. The van der Waals surface area contributed by atoms with Gasteiger partial charge in [0.1, 0.15) is 17.8 Å². The fourth-order valence-electron chi connectivity index (χ4n) is 5.39. The average molecular weight is 488 g/mol. The van der Waals surface area contributed by atoms with Gasteiger partial charge in [0.05, 0.1) is 17.5 Å². The van der Waals surface area contributed by atoms with Crippen molar-refractivity contribution in [2.24, 2.45) is 5.92 Å². The molecule has 35 heavy (non-hydrogen) atoms. The number of piperidine rings is 1. The average Bonchev–Trinajstić information content (AvgIpc) is 3.57. The van der Waals surface area contributed by atoms with Gasteiger partial charge in [0.25, 0.3) is 5.91 Å². The van der Waals surface area contributed by atoms with Gasteiger partial charge in [-0.15, -0.1) is 0 Å². The summed E-state index contributed by atoms with van der Waals surface area (Å²) in [5.74, 6) is 0.566. The second kappa shape index (κ2) is 8.35. The summed E-state index contributed by atoms with van der Waals surface area (Å²) in [6, 6.07) is 14.3. The molecule has 3 N–H and O–H groups in total. The number of nitrogens with zero attached hydrogens (tertiary/aromatic N) is 5. The van der Waals surface area contributed by atoms with E-state index in [0.29, 0.717) is 44.7 Å². The molecular formula is C25H22ClN7O2. The first kappa shape index (κ1) is 21.5. The van der Waals surface area contributed by atoms with E-state index in [1.807, 2.05) is 21.7 Å². The number of nitrogen functional groups attached to an aromatic ring is 1. The van der Waals surface area contributed by atoms with Crippen LogP contribution in [-0.4, -0.2) is 49.6 Å². The molecule has 3 atom stereocenters. The first-order valence-corrected chi connectivity index (χ1v) is 11.8. The quantitative estimate of drug-likeness (QED) is 0.413. The Balaban J connectivity index is 1.34. The van der Waals surface area contributed by atoms with E-state index in [9.17, 15) is 9.59 Å². The highest BCUT2D eigenvalue weighted by Gasteiger charge is 2.46. The van der Waals surface area contributed by atoms with E-state index in [2.05, 4.69) is 15.3 Å². The fourth-order valence-corrected chi connectivity index (χ4v) is 5.58. The number of halogens is 1. The monoisotopic (exact) mass is 487 g/mol. The Kier molecular flexibility index (Phi) is 5.14. The van der Waals surface area contributed by atoms with Crippen LogP contribution >= 0.6 is 11.6 Å². The second-order valence-electron chi connectivity index (χ2n) is 9.07. The van der Waals surface area contributed by atoms with Gasteiger partial charge in [-0.25, -0.2) is 14.6 Å². The number of anilines is 2. The summed E-state index contributed by atoms with van der Waals surface area (Å²) < 4.78 is 1.91. The molecule has 0 spiro atoms. The van der Waals surface area contributed by atoms with Crippen molar-refractivity contribution in [2.45, 2.75) is 24.9 Å². The number of aromatic nitrogens is 4. The van der Waals surface area contributed by atoms with Gasteiger partial charge in [-0.05, 0) is 49.1 Å². The summed E-state index contributed by atoms with van der Waals surface area (Å²) in [5.41, 5.74) is 9.49. The number of nitrogens with one attached hydrogen (secondary N) is 1. The molecule has 2 bridgehead atoms. The maximum Gasteiger partial charge on any atom is 0.255 e. The first-order valence-electron chi connectivity index (χ1n) is 11.4. The topological polar surface area (TPSA) is 119 Å². The third kappa shape index (κ3) is 3.68. The predicted octanol–water partition coefficient (Wildman–Crippen LogP) is 3.77. The van der Waals surface area contributed by atoms with Crippen molar-refractivity contribution in [3.63, 3.8) is 0 Å². The molecule has 3 unspecified atom stereocenters. The molecular weight excluding hydrogens is 466 g/mol. The number of carbonyl (C=O) groups is 2. The molecule has 4 aromatic rings. The Morgan fingerprint density at radius 1 is 1.11 bits per heavy atom. The SMILES string of the molecule is Nc1ncnc2c1c(-c1ccc(C(=O)Nc3cccc(Cl)c3)cc1)nn2C1CC2CC1N(C=O)C2. The van der Waals surface area contributed by atoms with Crippen LogP contribution in [-0.2, 0) is 4.79 Å². The van der Waals surface area contributed by atoms with Crippen LogP contribution < -0.4 is 11.1 Å². The zero-order valence-corrected chi connectivity index (χ0v) is 19.4. The lowest BCUT2D eigenvalue weighted by atomic mass is 10.1. The number of rotatable bonds is 5. The molecule has 1 saturated heterocycles. The van der Waals surface area contributed by atoms with E-state index in [1.165, 1.54) is 6.33 Å². The number of hydrogen-bond donors (Lipinski definition) is 2. The molecule has 9 nitrogen and oxygen atoms in total. The van der Waals surface area contributed by atoms with Crippen molar-refractivity contribution >= 4 is 46.5 Å². The van der Waals surface area contributed by atoms with Gasteiger partial charge in [-0.2, -0.15) is 5.10 Å². The Labute approximate surface area is 205 Å². The standard InChI is InChI=1S/C25H22ClN7O2/c26-17-2-1-3-18(10-17)30-25(35)16-6-4-15(5-7-16)22-21-23(27)28-12-29-24(21)33(31-22)20-9-14-8-19(20)32(11-14)13-34/h1-7,10,12-14,19-20H,8-9,11H2,(H,30,35)(H2,27,28,29). The first-order chi connectivity index (χ1) is 17.0. The van der Waals surface area contributed by atoms with Crippen LogP contribution in [0.1, 0.15) is 29.2 Å². The summed E-state index contributed by atoms with van der Waals surface area (Å²) in [5, 5.41) is 8.98. The van der Waals surface area contributed by atoms with E-state index in [1.54, 1.807) is 36.4 Å². The zero-order valence-electron chi connectivity index (χ0n) is 18.6. The summed E-state index contributed by atoms with van der Waals surface area (Å²) in [6.07, 6.45) is 4.28. The van der Waals surface area contributed by atoms with Crippen LogP contribution in [0.2, 0.25) is 5.02 Å². The second-order valence-corrected chi connectivity index (χ2v) is 9.50. The van der Waals surface area contributed by atoms with Crippen LogP contribution in [0.3, 0.4) is 0 Å². The van der Waals surface area contributed by atoms with E-state index in [0.717, 1.165) is 31.4 Å². The Morgan fingerprint density at radius 3 is 2.66 bits per heavy atom. The molecule has 1 aliphatic heterocycles. The summed E-state index contributed by atoms with van der Waals surface area (Å²) in [6.45, 7) is 0.798. The highest BCUT2D eigenvalue weighted by Crippen LogP contribution is 2.45. The van der Waals surface area contributed by atoms with E-state index < -0.39 is 0 Å². The molecule has 2 fully saturated rings. The van der Waals surface area contributed by atoms with Gasteiger partial charge < -0.3 is 16.0 Å². The molecule has 2 amide bonds. The van der Waals surface area contributed by atoms with Gasteiger partial charge in [0.15, 0.2) is 5.65 Å². The minimum atomic E-state index is -0.243. The van der Waals surface area contributed by atoms with Gasteiger partial charge in [-0.3, -0.25) is 9.59 Å². The van der Waals surface area contributed by atoms with Crippen molar-refractivity contribution in [3.8, 4) is 11.3 Å². The normalized spacial score (nSPS) is 20.9. The van der Waals surface area contributed by atoms with Crippen molar-refractivity contribution in [3.05, 3.63) is 65.4 Å². The lowest BCUT2D eigenvalue weighted by Crippen LogP contribution is -2.38. The number of fused-ring (bicyclic) bond motifs is 3. The number of benzene rings is 2. The number of nitrogens with two attached hydrogens (primary N) is 1. The van der Waals surface area contributed by atoms with Crippen molar-refractivity contribution < 1.29 is 9.59 Å². The van der Waals surface area contributed by atoms with Crippen LogP contribution in [0.15, 0.2) is 54.9 Å². The molecule has 0 radical (unpaired) electrons. The highest BCUT2D eigenvalue weighted by atomic mass is 35.5. The van der Waals surface area contributed by atoms with E-state index in [4.69, 9.17) is 22.4 Å². The Hall–Kier alpha value is -3.98. The molecule has 3 heterocycles. The largest absolute Gasteiger partial charge is 0.383 e. The third-order valence-corrected chi connectivity index (χ3v) is 7.19. The maximum atomic E-state index is 12.7. The van der Waals surface area contributed by atoms with E-state index in [-0.39, 0.29) is 18.0 Å². The van der Waals surface area contributed by atoms with Gasteiger partial charge in [0.2, 0.25) is 6.41 Å². The van der Waals surface area contributed by atoms with E-state index >= 15 is 0 Å². The van der Waals surface area contributed by atoms with Crippen molar-refractivity contribution in [1.29, 1.82) is 0 Å². The minimum Gasteiger partial charge on any atom is -0.383 e. The zero-order chi connectivity index (χ0) is 24.1. The number of likely N-dealkylation sites (tertiary alicyclic amines) is 1. The van der Waals surface area contributed by atoms with Gasteiger partial charge in [0, 0.05) is 28.4 Å². The van der Waals surface area contributed by atoms with Crippen LogP contribution in [0.5, 0.6) is 0 Å². The molecule has 2 aromatic carbocycles. The fraction of sp³-hybridized carbons (Fsp3) is 0.240. The summed E-state index contributed by atoms with van der Waals surface area (Å²) >= 11 is 6.01.